The van der Waals surface area contributed by atoms with Crippen LogP contribution in [0.3, 0.4) is 0 Å². The van der Waals surface area contributed by atoms with Gasteiger partial charge in [-0.25, -0.2) is 4.98 Å². The van der Waals surface area contributed by atoms with E-state index in [9.17, 15) is 0 Å². The van der Waals surface area contributed by atoms with Crippen molar-refractivity contribution >= 4 is 16.7 Å². The molecule has 1 atom stereocenters. The Bertz CT molecular complexity index is 643. The van der Waals surface area contributed by atoms with Gasteiger partial charge in [-0.05, 0) is 26.7 Å². The maximum atomic E-state index is 5.46. The van der Waals surface area contributed by atoms with Crippen molar-refractivity contribution in [2.45, 2.75) is 38.6 Å². The summed E-state index contributed by atoms with van der Waals surface area (Å²) in [6, 6.07) is 0.179. The molecule has 0 amide bonds. The molecule has 0 aromatic carbocycles. The predicted molar refractivity (Wildman–Crippen MR) is 83.1 cm³/mol. The molecular formula is C14H20N6OS. The molecule has 1 saturated carbocycles. The van der Waals surface area contributed by atoms with Gasteiger partial charge in [-0.1, -0.05) is 5.16 Å². The summed E-state index contributed by atoms with van der Waals surface area (Å²) in [6.07, 6.45) is 2.40. The van der Waals surface area contributed by atoms with E-state index in [4.69, 9.17) is 4.52 Å². The lowest BCUT2D eigenvalue weighted by Crippen LogP contribution is -2.47. The third-order valence-electron chi connectivity index (χ3n) is 4.41. The molecule has 0 radical (unpaired) electrons. The molecule has 2 aromatic rings. The third kappa shape index (κ3) is 2.72. The molecule has 3 heterocycles. The van der Waals surface area contributed by atoms with E-state index in [1.54, 1.807) is 0 Å². The average molecular weight is 320 g/mol. The van der Waals surface area contributed by atoms with Crippen LogP contribution in [0.4, 0.5) is 5.13 Å². The normalized spacial score (nSPS) is 21.3. The van der Waals surface area contributed by atoms with Crippen LogP contribution in [0, 0.1) is 6.92 Å². The van der Waals surface area contributed by atoms with Gasteiger partial charge < -0.3 is 9.42 Å². The average Bonchev–Trinajstić information content (AvgIpc) is 3.11. The van der Waals surface area contributed by atoms with Gasteiger partial charge in [0.1, 0.15) is 5.82 Å². The highest BCUT2D eigenvalue weighted by molar-refractivity contribution is 7.09. The highest BCUT2D eigenvalue weighted by Crippen LogP contribution is 2.38. The van der Waals surface area contributed by atoms with Crippen molar-refractivity contribution < 1.29 is 4.52 Å². The molecule has 0 N–H and O–H groups in total. The number of rotatable bonds is 4. The predicted octanol–water partition coefficient (Wildman–Crippen LogP) is 1.99. The number of piperazine rings is 1. The molecular weight excluding hydrogens is 300 g/mol. The SMILES string of the molecule is Cc1nsc(N2CCN(C(C)c3nc(C4CC4)no3)CC2)n1. The van der Waals surface area contributed by atoms with Crippen LogP contribution >= 0.6 is 11.5 Å². The van der Waals surface area contributed by atoms with Crippen LogP contribution in [0.25, 0.3) is 0 Å². The van der Waals surface area contributed by atoms with Gasteiger partial charge in [-0.3, -0.25) is 4.90 Å². The van der Waals surface area contributed by atoms with Gasteiger partial charge in [0.05, 0.1) is 6.04 Å². The van der Waals surface area contributed by atoms with Crippen molar-refractivity contribution in [3.05, 3.63) is 17.5 Å². The van der Waals surface area contributed by atoms with Gasteiger partial charge in [0.15, 0.2) is 5.82 Å². The summed E-state index contributed by atoms with van der Waals surface area (Å²) in [5.74, 6) is 3.04. The second kappa shape index (κ2) is 5.58. The van der Waals surface area contributed by atoms with Crippen LogP contribution in [0.1, 0.15) is 49.3 Å². The molecule has 0 bridgehead atoms. The highest BCUT2D eigenvalue weighted by atomic mass is 32.1. The summed E-state index contributed by atoms with van der Waals surface area (Å²) in [6.45, 7) is 7.95. The second-order valence-electron chi connectivity index (χ2n) is 6.09. The first-order valence-electron chi connectivity index (χ1n) is 7.83. The van der Waals surface area contributed by atoms with E-state index in [-0.39, 0.29) is 6.04 Å². The largest absolute Gasteiger partial charge is 0.344 e. The quantitative estimate of drug-likeness (QED) is 0.853. The van der Waals surface area contributed by atoms with Crippen LogP contribution < -0.4 is 4.90 Å². The summed E-state index contributed by atoms with van der Waals surface area (Å²) in [7, 11) is 0. The van der Waals surface area contributed by atoms with Crippen LogP contribution in [0.15, 0.2) is 4.52 Å². The summed E-state index contributed by atoms with van der Waals surface area (Å²) < 4.78 is 9.72. The molecule has 1 aliphatic heterocycles. The summed E-state index contributed by atoms with van der Waals surface area (Å²) >= 11 is 1.48. The molecule has 7 nitrogen and oxygen atoms in total. The molecule has 1 saturated heterocycles. The van der Waals surface area contributed by atoms with Gasteiger partial charge in [-0.15, -0.1) is 0 Å². The smallest absolute Gasteiger partial charge is 0.243 e. The summed E-state index contributed by atoms with van der Waals surface area (Å²) in [5, 5.41) is 5.15. The molecule has 118 valence electrons. The topological polar surface area (TPSA) is 71.2 Å². The zero-order chi connectivity index (χ0) is 15.1. The minimum atomic E-state index is 0.179. The Labute approximate surface area is 133 Å². The Hall–Kier alpha value is -1.54. The number of nitrogens with zero attached hydrogens (tertiary/aromatic N) is 6. The molecule has 2 fully saturated rings. The Morgan fingerprint density at radius 2 is 1.95 bits per heavy atom. The minimum absolute atomic E-state index is 0.179. The molecule has 1 aliphatic carbocycles. The van der Waals surface area contributed by atoms with Crippen molar-refractivity contribution in [1.29, 1.82) is 0 Å². The van der Waals surface area contributed by atoms with Crippen molar-refractivity contribution in [3.63, 3.8) is 0 Å². The highest BCUT2D eigenvalue weighted by Gasteiger charge is 2.31. The second-order valence-corrected chi connectivity index (χ2v) is 6.82. The monoisotopic (exact) mass is 320 g/mol. The Morgan fingerprint density at radius 3 is 2.59 bits per heavy atom. The van der Waals surface area contributed by atoms with Crippen LogP contribution in [-0.2, 0) is 0 Å². The summed E-state index contributed by atoms with van der Waals surface area (Å²) in [4.78, 5) is 13.7. The maximum Gasteiger partial charge on any atom is 0.243 e. The van der Waals surface area contributed by atoms with Crippen molar-refractivity contribution in [1.82, 2.24) is 24.4 Å². The van der Waals surface area contributed by atoms with Gasteiger partial charge >= 0.3 is 0 Å². The Morgan fingerprint density at radius 1 is 1.18 bits per heavy atom. The van der Waals surface area contributed by atoms with Crippen molar-refractivity contribution in [2.24, 2.45) is 0 Å². The molecule has 0 spiro atoms. The number of aromatic nitrogens is 4. The fourth-order valence-electron chi connectivity index (χ4n) is 2.80. The lowest BCUT2D eigenvalue weighted by atomic mass is 10.2. The zero-order valence-electron chi connectivity index (χ0n) is 12.9. The van der Waals surface area contributed by atoms with Crippen molar-refractivity contribution in [3.8, 4) is 0 Å². The van der Waals surface area contributed by atoms with E-state index in [1.807, 2.05) is 6.92 Å². The standard InChI is InChI=1S/C14H20N6OS/c1-9(13-16-12(17-21-13)11-3-4-11)19-5-7-20(8-6-19)14-15-10(2)18-22-14/h9,11H,3-8H2,1-2H3. The minimum Gasteiger partial charge on any atom is -0.344 e. The van der Waals surface area contributed by atoms with Crippen LogP contribution in [0.2, 0.25) is 0 Å². The first kappa shape index (κ1) is 14.1. The maximum absolute atomic E-state index is 5.46. The number of aryl methyl sites for hydroxylation is 1. The molecule has 1 unspecified atom stereocenters. The van der Waals surface area contributed by atoms with E-state index in [2.05, 4.69) is 36.2 Å². The van der Waals surface area contributed by atoms with E-state index in [1.165, 1.54) is 24.4 Å². The fraction of sp³-hybridized carbons (Fsp3) is 0.714. The molecule has 22 heavy (non-hydrogen) atoms. The molecule has 2 aliphatic rings. The first-order valence-corrected chi connectivity index (χ1v) is 8.61. The van der Waals surface area contributed by atoms with Crippen LogP contribution in [-0.4, -0.2) is 50.6 Å². The number of anilines is 1. The molecule has 2 aromatic heterocycles. The Balaban J connectivity index is 1.37. The summed E-state index contributed by atoms with van der Waals surface area (Å²) in [5.41, 5.74) is 0. The van der Waals surface area contributed by atoms with E-state index in [0.29, 0.717) is 5.92 Å². The lowest BCUT2D eigenvalue weighted by molar-refractivity contribution is 0.164. The molecule has 8 heteroatoms. The number of hydrogen-bond acceptors (Lipinski definition) is 8. The molecule has 4 rings (SSSR count). The van der Waals surface area contributed by atoms with Gasteiger partial charge in [0.25, 0.3) is 0 Å². The fourth-order valence-corrected chi connectivity index (χ4v) is 3.52. The van der Waals surface area contributed by atoms with Gasteiger partial charge in [0, 0.05) is 43.6 Å². The van der Waals surface area contributed by atoms with Gasteiger partial charge in [-0.2, -0.15) is 9.36 Å². The Kier molecular flexibility index (Phi) is 3.57. The van der Waals surface area contributed by atoms with Gasteiger partial charge in [0.2, 0.25) is 11.0 Å². The lowest BCUT2D eigenvalue weighted by Gasteiger charge is -2.36. The van der Waals surface area contributed by atoms with E-state index < -0.39 is 0 Å². The van der Waals surface area contributed by atoms with E-state index in [0.717, 1.165) is 48.9 Å². The third-order valence-corrected chi connectivity index (χ3v) is 5.27. The zero-order valence-corrected chi connectivity index (χ0v) is 13.7. The van der Waals surface area contributed by atoms with Crippen LogP contribution in [0.5, 0.6) is 0 Å². The van der Waals surface area contributed by atoms with Crippen molar-refractivity contribution in [2.75, 3.05) is 31.1 Å². The first-order chi connectivity index (χ1) is 10.7. The van der Waals surface area contributed by atoms with E-state index >= 15 is 0 Å². The number of hydrogen-bond donors (Lipinski definition) is 0.